The van der Waals surface area contributed by atoms with Gasteiger partial charge in [0.15, 0.2) is 12.6 Å². The predicted octanol–water partition coefficient (Wildman–Crippen LogP) is 3.14. The van der Waals surface area contributed by atoms with E-state index in [2.05, 4.69) is 59.1 Å². The van der Waals surface area contributed by atoms with Crippen LogP contribution in [-0.4, -0.2) is 85.6 Å². The molecule has 3 saturated heterocycles. The molecule has 0 aliphatic carbocycles. The van der Waals surface area contributed by atoms with Crippen LogP contribution in [0.25, 0.3) is 0 Å². The summed E-state index contributed by atoms with van der Waals surface area (Å²) in [7, 11) is 1.80. The van der Waals surface area contributed by atoms with Crippen molar-refractivity contribution < 1.29 is 33.6 Å². The predicted molar refractivity (Wildman–Crippen MR) is 158 cm³/mol. The Morgan fingerprint density at radius 1 is 0.805 bits per heavy atom. The van der Waals surface area contributed by atoms with E-state index in [0.29, 0.717) is 18.3 Å². The van der Waals surface area contributed by atoms with Crippen molar-refractivity contribution in [1.29, 1.82) is 0 Å². The largest absolute Gasteiger partial charge is 0.388 e. The number of aliphatic hydroxyl groups excluding tert-OH is 1. The van der Waals surface area contributed by atoms with Crippen LogP contribution in [0.4, 0.5) is 0 Å². The second-order valence-corrected chi connectivity index (χ2v) is 12.9. The fourth-order valence-corrected chi connectivity index (χ4v) is 6.57. The van der Waals surface area contributed by atoms with Crippen molar-refractivity contribution >= 4 is 5.91 Å². The highest BCUT2D eigenvalue weighted by atomic mass is 16.7. The first-order chi connectivity index (χ1) is 19.4. The molecule has 3 fully saturated rings. The van der Waals surface area contributed by atoms with Crippen LogP contribution in [0.3, 0.4) is 0 Å². The van der Waals surface area contributed by atoms with Crippen molar-refractivity contribution in [3.05, 3.63) is 0 Å². The van der Waals surface area contributed by atoms with Gasteiger partial charge in [0.2, 0.25) is 5.91 Å². The molecular weight excluding hydrogens is 526 g/mol. The number of rotatable bonds is 11. The molecule has 41 heavy (non-hydrogen) atoms. The lowest BCUT2D eigenvalue weighted by Gasteiger charge is -2.50. The lowest BCUT2D eigenvalue weighted by atomic mass is 9.78. The van der Waals surface area contributed by atoms with Crippen LogP contribution >= 0.6 is 0 Å². The van der Waals surface area contributed by atoms with Gasteiger partial charge in [-0.25, -0.2) is 0 Å². The normalized spacial score (nSPS) is 46.2. The highest BCUT2D eigenvalue weighted by molar-refractivity contribution is 5.76. The van der Waals surface area contributed by atoms with Crippen LogP contribution in [0.5, 0.6) is 0 Å². The van der Waals surface area contributed by atoms with Crippen molar-refractivity contribution in [3.8, 4) is 0 Å². The van der Waals surface area contributed by atoms with Crippen LogP contribution in [0.15, 0.2) is 0 Å². The van der Waals surface area contributed by atoms with Crippen molar-refractivity contribution in [2.45, 2.75) is 156 Å². The second kappa shape index (κ2) is 15.2. The fraction of sp³-hybridized carbons (Fsp3) is 0.968. The average molecular weight is 586 g/mol. The number of nitrogens with one attached hydrogen (secondary N) is 2. The SMILES string of the molecule is CCC1O[C@@H](O[C@@H]2C(CC)O[C@@H](O[C@@H]3C(CC)O[C@@H](NC(=O)CC(C)NC)C(N)[C@H]3O)C(C)[C@H]2C)C(C)[C@@H](C)[C@@H]1C. The Morgan fingerprint density at radius 2 is 1.32 bits per heavy atom. The molecule has 0 aromatic carbocycles. The summed E-state index contributed by atoms with van der Waals surface area (Å²) in [6.45, 7) is 19.2. The molecule has 10 heteroatoms. The Hall–Kier alpha value is -0.850. The summed E-state index contributed by atoms with van der Waals surface area (Å²) in [6, 6.07) is -0.830. The lowest BCUT2D eigenvalue weighted by Crippen LogP contribution is -2.67. The van der Waals surface area contributed by atoms with Crippen LogP contribution in [0.1, 0.15) is 88.0 Å². The van der Waals surface area contributed by atoms with E-state index in [1.165, 1.54) is 0 Å². The summed E-state index contributed by atoms with van der Waals surface area (Å²) in [5.74, 6) is 1.19. The summed E-state index contributed by atoms with van der Waals surface area (Å²) in [6.07, 6.45) is -1.38. The molecule has 5 N–H and O–H groups in total. The van der Waals surface area contributed by atoms with Crippen molar-refractivity contribution in [3.63, 3.8) is 0 Å². The molecule has 240 valence electrons. The number of ether oxygens (including phenoxy) is 5. The number of carbonyl (C=O) groups is 1. The number of carbonyl (C=O) groups excluding carboxylic acids is 1. The molecule has 3 aliphatic heterocycles. The average Bonchev–Trinajstić information content (AvgIpc) is 2.95. The monoisotopic (exact) mass is 585 g/mol. The molecule has 0 spiro atoms. The zero-order valence-electron chi connectivity index (χ0n) is 27.0. The van der Waals surface area contributed by atoms with E-state index in [-0.39, 0.29) is 60.7 Å². The molecule has 0 saturated carbocycles. The maximum Gasteiger partial charge on any atom is 0.223 e. The van der Waals surface area contributed by atoms with Gasteiger partial charge in [-0.1, -0.05) is 55.4 Å². The van der Waals surface area contributed by atoms with E-state index >= 15 is 0 Å². The van der Waals surface area contributed by atoms with Gasteiger partial charge < -0.3 is 45.2 Å². The zero-order chi connectivity index (χ0) is 30.6. The van der Waals surface area contributed by atoms with Gasteiger partial charge in [0, 0.05) is 24.3 Å². The van der Waals surface area contributed by atoms with E-state index in [1.807, 2.05) is 13.8 Å². The molecule has 1 amide bonds. The van der Waals surface area contributed by atoms with E-state index in [4.69, 9.17) is 29.4 Å². The summed E-state index contributed by atoms with van der Waals surface area (Å²) in [5, 5.41) is 17.1. The van der Waals surface area contributed by atoms with Crippen LogP contribution < -0.4 is 16.4 Å². The third-order valence-electron chi connectivity index (χ3n) is 10.3. The van der Waals surface area contributed by atoms with Gasteiger partial charge in [-0.2, -0.15) is 0 Å². The quantitative estimate of drug-likeness (QED) is 0.289. The van der Waals surface area contributed by atoms with E-state index < -0.39 is 36.9 Å². The first kappa shape index (κ1) is 34.6. The maximum atomic E-state index is 12.5. The molecule has 16 atom stereocenters. The topological polar surface area (TPSA) is 134 Å². The van der Waals surface area contributed by atoms with Gasteiger partial charge >= 0.3 is 0 Å². The molecule has 0 aromatic rings. The van der Waals surface area contributed by atoms with Crippen molar-refractivity contribution in [2.75, 3.05) is 7.05 Å². The molecule has 3 rings (SSSR count). The number of nitrogens with two attached hydrogens (primary N) is 1. The summed E-state index contributed by atoms with van der Waals surface area (Å²) in [4.78, 5) is 12.5. The Balaban J connectivity index is 1.68. The Labute approximate surface area is 248 Å². The smallest absolute Gasteiger partial charge is 0.223 e. The van der Waals surface area contributed by atoms with Crippen LogP contribution in [-0.2, 0) is 28.5 Å². The van der Waals surface area contributed by atoms with E-state index in [1.54, 1.807) is 7.05 Å². The highest BCUT2D eigenvalue weighted by Gasteiger charge is 2.50. The first-order valence-electron chi connectivity index (χ1n) is 16.1. The minimum Gasteiger partial charge on any atom is -0.388 e. The Morgan fingerprint density at radius 3 is 1.88 bits per heavy atom. The van der Waals surface area contributed by atoms with Crippen LogP contribution in [0, 0.1) is 29.6 Å². The van der Waals surface area contributed by atoms with Gasteiger partial charge in [-0.3, -0.25) is 4.79 Å². The molecular formula is C31H59N3O7. The maximum absolute atomic E-state index is 12.5. The van der Waals surface area contributed by atoms with Gasteiger partial charge in [0.1, 0.15) is 18.4 Å². The molecule has 0 bridgehead atoms. The number of amides is 1. The second-order valence-electron chi connectivity index (χ2n) is 12.9. The summed E-state index contributed by atoms with van der Waals surface area (Å²) < 4.78 is 32.5. The van der Waals surface area contributed by atoms with Gasteiger partial charge in [0.25, 0.3) is 0 Å². The van der Waals surface area contributed by atoms with E-state index in [9.17, 15) is 9.90 Å². The third-order valence-corrected chi connectivity index (χ3v) is 10.3. The Kier molecular flexibility index (Phi) is 12.9. The molecule has 10 nitrogen and oxygen atoms in total. The molecule has 3 aliphatic rings. The van der Waals surface area contributed by atoms with Gasteiger partial charge in [-0.05, 0) is 51.0 Å². The van der Waals surface area contributed by atoms with E-state index in [0.717, 1.165) is 12.8 Å². The zero-order valence-corrected chi connectivity index (χ0v) is 27.0. The third kappa shape index (κ3) is 7.81. The minimum absolute atomic E-state index is 0.0111. The van der Waals surface area contributed by atoms with Crippen LogP contribution in [0.2, 0.25) is 0 Å². The first-order valence-corrected chi connectivity index (χ1v) is 16.1. The Bertz CT molecular complexity index is 815. The number of hydrogen-bond acceptors (Lipinski definition) is 9. The van der Waals surface area contributed by atoms with Crippen molar-refractivity contribution in [1.82, 2.24) is 10.6 Å². The summed E-state index contributed by atoms with van der Waals surface area (Å²) >= 11 is 0. The molecule has 0 radical (unpaired) electrons. The molecule has 7 unspecified atom stereocenters. The molecule has 3 heterocycles. The number of aliphatic hydroxyl groups is 1. The molecule has 0 aromatic heterocycles. The van der Waals surface area contributed by atoms with Gasteiger partial charge in [0.05, 0.1) is 30.5 Å². The van der Waals surface area contributed by atoms with Gasteiger partial charge in [-0.15, -0.1) is 0 Å². The highest BCUT2D eigenvalue weighted by Crippen LogP contribution is 2.41. The standard InChI is InChI=1S/C31H59N3O7/c1-11-21-17(6)16(5)19(8)30(38-21)40-27-18(7)20(9)31(39-22(27)12-2)41-28-23(13-3)37-29(25(32)26(28)36)34-24(35)14-15(4)33-10/h15-23,25-31,33,36H,11-14,32H2,1-10H3,(H,34,35)/t15?,16-,17-,18+,19?,20?,21?,22?,23?,25?,26+,27-,28+,29+,30-,31-/m0/s1. The summed E-state index contributed by atoms with van der Waals surface area (Å²) in [5.41, 5.74) is 6.38. The van der Waals surface area contributed by atoms with Crippen molar-refractivity contribution in [2.24, 2.45) is 35.3 Å². The number of hydrogen-bond donors (Lipinski definition) is 4. The lowest BCUT2D eigenvalue weighted by molar-refractivity contribution is -0.341. The fourth-order valence-electron chi connectivity index (χ4n) is 6.57. The minimum atomic E-state index is -1.04.